The van der Waals surface area contributed by atoms with Crippen LogP contribution in [0.15, 0.2) is 35.2 Å². The molecule has 1 aromatic rings. The highest BCUT2D eigenvalue weighted by Crippen LogP contribution is 2.26. The zero-order valence-electron chi connectivity index (χ0n) is 12.2. The maximum absolute atomic E-state index is 12.3. The molecule has 1 aromatic carbocycles. The highest BCUT2D eigenvalue weighted by Gasteiger charge is 2.31. The van der Waals surface area contributed by atoms with E-state index in [0.717, 1.165) is 44.6 Å². The van der Waals surface area contributed by atoms with Gasteiger partial charge >= 0.3 is 0 Å². The molecule has 0 bridgehead atoms. The number of amides is 1. The van der Waals surface area contributed by atoms with Gasteiger partial charge in [0, 0.05) is 23.7 Å². The average Bonchev–Trinajstić information content (AvgIpc) is 3.17. The Morgan fingerprint density at radius 3 is 2.81 bits per heavy atom. The maximum Gasteiger partial charge on any atom is 0.239 e. The summed E-state index contributed by atoms with van der Waals surface area (Å²) in [6.45, 7) is 2.88. The van der Waals surface area contributed by atoms with Crippen LogP contribution in [-0.2, 0) is 4.79 Å². The van der Waals surface area contributed by atoms with Gasteiger partial charge < -0.3 is 10.2 Å². The Hall–Kier alpha value is -0.710. The standard InChI is InChI=1S/C16H22N2OS.ClH/c19-16(15-7-4-9-17-15)18-10-8-13(11-18)12-20-14-5-2-1-3-6-14;/h1-3,5-6,13,15,17H,4,7-12H2;1H. The summed E-state index contributed by atoms with van der Waals surface area (Å²) in [4.78, 5) is 15.7. The minimum atomic E-state index is 0. The fraction of sp³-hybridized carbons (Fsp3) is 0.562. The zero-order chi connectivity index (χ0) is 13.8. The second kappa shape index (κ2) is 8.06. The van der Waals surface area contributed by atoms with Crippen LogP contribution in [0.25, 0.3) is 0 Å². The minimum absolute atomic E-state index is 0. The Bertz CT molecular complexity index is 451. The lowest BCUT2D eigenvalue weighted by Gasteiger charge is -2.20. The van der Waals surface area contributed by atoms with E-state index in [1.165, 1.54) is 4.90 Å². The van der Waals surface area contributed by atoms with Crippen LogP contribution < -0.4 is 5.32 Å². The first-order valence-corrected chi connectivity index (χ1v) is 8.51. The summed E-state index contributed by atoms with van der Waals surface area (Å²) < 4.78 is 0. The summed E-state index contributed by atoms with van der Waals surface area (Å²) in [7, 11) is 0. The number of hydrogen-bond acceptors (Lipinski definition) is 3. The Morgan fingerprint density at radius 1 is 1.29 bits per heavy atom. The first kappa shape index (κ1) is 16.7. The molecule has 0 aliphatic carbocycles. The second-order valence-corrected chi connectivity index (χ2v) is 6.81. The van der Waals surface area contributed by atoms with E-state index in [-0.39, 0.29) is 18.4 Å². The third-order valence-electron chi connectivity index (χ3n) is 4.18. The summed E-state index contributed by atoms with van der Waals surface area (Å²) in [5, 5.41) is 3.31. The largest absolute Gasteiger partial charge is 0.341 e. The predicted octanol–water partition coefficient (Wildman–Crippen LogP) is 2.80. The van der Waals surface area contributed by atoms with E-state index < -0.39 is 0 Å². The van der Waals surface area contributed by atoms with Crippen molar-refractivity contribution in [2.75, 3.05) is 25.4 Å². The van der Waals surface area contributed by atoms with Crippen molar-refractivity contribution in [1.82, 2.24) is 10.2 Å². The quantitative estimate of drug-likeness (QED) is 0.864. The molecule has 5 heteroatoms. The molecular weight excluding hydrogens is 304 g/mol. The van der Waals surface area contributed by atoms with E-state index >= 15 is 0 Å². The molecule has 2 fully saturated rings. The predicted molar refractivity (Wildman–Crippen MR) is 90.1 cm³/mol. The first-order valence-electron chi connectivity index (χ1n) is 7.53. The van der Waals surface area contributed by atoms with Gasteiger partial charge in [0.15, 0.2) is 0 Å². The van der Waals surface area contributed by atoms with E-state index in [0.29, 0.717) is 11.8 Å². The number of thioether (sulfide) groups is 1. The molecule has 2 atom stereocenters. The molecule has 0 saturated carbocycles. The molecule has 2 aliphatic heterocycles. The number of nitrogens with one attached hydrogen (secondary N) is 1. The molecule has 2 saturated heterocycles. The van der Waals surface area contributed by atoms with E-state index in [1.54, 1.807) is 0 Å². The third kappa shape index (κ3) is 4.38. The summed E-state index contributed by atoms with van der Waals surface area (Å²) >= 11 is 1.91. The summed E-state index contributed by atoms with van der Waals surface area (Å²) in [5.41, 5.74) is 0. The van der Waals surface area contributed by atoms with Crippen molar-refractivity contribution < 1.29 is 4.79 Å². The summed E-state index contributed by atoms with van der Waals surface area (Å²) in [6.07, 6.45) is 3.30. The zero-order valence-corrected chi connectivity index (χ0v) is 13.8. The Kier molecular flexibility index (Phi) is 6.40. The Morgan fingerprint density at radius 2 is 2.10 bits per heavy atom. The van der Waals surface area contributed by atoms with Crippen LogP contribution in [0.5, 0.6) is 0 Å². The van der Waals surface area contributed by atoms with E-state index in [2.05, 4.69) is 40.5 Å². The van der Waals surface area contributed by atoms with Crippen LogP contribution in [-0.4, -0.2) is 42.2 Å². The SMILES string of the molecule is Cl.O=C(C1CCCN1)N1CCC(CSc2ccccc2)C1. The molecule has 0 aromatic heterocycles. The molecule has 1 N–H and O–H groups in total. The number of hydrogen-bond donors (Lipinski definition) is 1. The second-order valence-electron chi connectivity index (χ2n) is 5.71. The van der Waals surface area contributed by atoms with Crippen molar-refractivity contribution >= 4 is 30.1 Å². The number of benzene rings is 1. The Balaban J connectivity index is 0.00000161. The highest BCUT2D eigenvalue weighted by atomic mass is 35.5. The number of rotatable bonds is 4. The van der Waals surface area contributed by atoms with Gasteiger partial charge in [0.2, 0.25) is 5.91 Å². The maximum atomic E-state index is 12.3. The molecular formula is C16H23ClN2OS. The van der Waals surface area contributed by atoms with Gasteiger partial charge in [-0.3, -0.25) is 4.79 Å². The normalized spacial score (nSPS) is 24.9. The van der Waals surface area contributed by atoms with Crippen molar-refractivity contribution in [3.63, 3.8) is 0 Å². The molecule has 3 nitrogen and oxygen atoms in total. The fourth-order valence-electron chi connectivity index (χ4n) is 3.02. The van der Waals surface area contributed by atoms with Gasteiger partial charge in [0.1, 0.15) is 0 Å². The van der Waals surface area contributed by atoms with Crippen LogP contribution in [0.1, 0.15) is 19.3 Å². The number of nitrogens with zero attached hydrogens (tertiary/aromatic N) is 1. The first-order chi connectivity index (χ1) is 9.83. The van der Waals surface area contributed by atoms with Gasteiger partial charge in [0.25, 0.3) is 0 Å². The minimum Gasteiger partial charge on any atom is -0.341 e. The van der Waals surface area contributed by atoms with Crippen LogP contribution in [0.2, 0.25) is 0 Å². The average molecular weight is 327 g/mol. The number of halogens is 1. The number of likely N-dealkylation sites (tertiary alicyclic amines) is 1. The molecule has 116 valence electrons. The molecule has 0 radical (unpaired) electrons. The van der Waals surface area contributed by atoms with Crippen LogP contribution in [0.3, 0.4) is 0 Å². The molecule has 0 spiro atoms. The van der Waals surface area contributed by atoms with Crippen molar-refractivity contribution in [1.29, 1.82) is 0 Å². The van der Waals surface area contributed by atoms with Gasteiger partial charge in [-0.2, -0.15) is 0 Å². The highest BCUT2D eigenvalue weighted by molar-refractivity contribution is 7.99. The Labute approximate surface area is 137 Å². The van der Waals surface area contributed by atoms with Crippen LogP contribution in [0.4, 0.5) is 0 Å². The topological polar surface area (TPSA) is 32.3 Å². The third-order valence-corrected chi connectivity index (χ3v) is 5.43. The van der Waals surface area contributed by atoms with Gasteiger partial charge in [-0.15, -0.1) is 24.2 Å². The van der Waals surface area contributed by atoms with E-state index in [4.69, 9.17) is 0 Å². The molecule has 1 amide bonds. The lowest BCUT2D eigenvalue weighted by molar-refractivity contribution is -0.132. The molecule has 2 aliphatic rings. The van der Waals surface area contributed by atoms with Gasteiger partial charge in [0.05, 0.1) is 6.04 Å². The van der Waals surface area contributed by atoms with Gasteiger partial charge in [-0.1, -0.05) is 18.2 Å². The van der Waals surface area contributed by atoms with Crippen molar-refractivity contribution in [3.05, 3.63) is 30.3 Å². The smallest absolute Gasteiger partial charge is 0.239 e. The molecule has 3 rings (SSSR count). The summed E-state index contributed by atoms with van der Waals surface area (Å²) in [6, 6.07) is 10.6. The van der Waals surface area contributed by atoms with Crippen LogP contribution >= 0.6 is 24.2 Å². The van der Waals surface area contributed by atoms with Crippen molar-refractivity contribution in [2.45, 2.75) is 30.2 Å². The van der Waals surface area contributed by atoms with Gasteiger partial charge in [-0.05, 0) is 43.9 Å². The van der Waals surface area contributed by atoms with Gasteiger partial charge in [-0.25, -0.2) is 0 Å². The van der Waals surface area contributed by atoms with Crippen molar-refractivity contribution in [3.8, 4) is 0 Å². The molecule has 21 heavy (non-hydrogen) atoms. The lowest BCUT2D eigenvalue weighted by Crippen LogP contribution is -2.42. The summed E-state index contributed by atoms with van der Waals surface area (Å²) in [5.74, 6) is 2.09. The molecule has 2 unspecified atom stereocenters. The van der Waals surface area contributed by atoms with Crippen molar-refractivity contribution in [2.24, 2.45) is 5.92 Å². The van der Waals surface area contributed by atoms with E-state index in [9.17, 15) is 4.79 Å². The molecule has 2 heterocycles. The monoisotopic (exact) mass is 326 g/mol. The van der Waals surface area contributed by atoms with Crippen LogP contribution in [0, 0.1) is 5.92 Å². The van der Waals surface area contributed by atoms with E-state index in [1.807, 2.05) is 11.8 Å². The fourth-order valence-corrected chi connectivity index (χ4v) is 4.07. The number of carbonyl (C=O) groups excluding carboxylic acids is 1. The lowest BCUT2D eigenvalue weighted by atomic mass is 10.1. The number of carbonyl (C=O) groups is 1.